The molecule has 188 valence electrons. The first kappa shape index (κ1) is 25.9. The van der Waals surface area contributed by atoms with Crippen LogP contribution in [0, 0.1) is 10.1 Å². The van der Waals surface area contributed by atoms with E-state index in [9.17, 15) is 19.7 Å². The minimum Gasteiger partial charge on any atom is -0.494 e. The second-order valence-electron chi connectivity index (χ2n) is 7.62. The van der Waals surface area contributed by atoms with Crippen LogP contribution in [0.15, 0.2) is 83.1 Å². The Hall–Kier alpha value is -4.22. The minimum atomic E-state index is -0.520. The fraction of sp³-hybridized carbons (Fsp3) is 0.115. The van der Waals surface area contributed by atoms with Gasteiger partial charge >= 0.3 is 0 Å². The Bertz CT molecular complexity index is 1410. The second kappa shape index (κ2) is 12.2. The monoisotopic (exact) mass is 534 g/mol. The van der Waals surface area contributed by atoms with E-state index in [0.717, 1.165) is 21.9 Å². The van der Waals surface area contributed by atoms with Crippen LogP contribution in [-0.4, -0.2) is 34.1 Å². The first-order chi connectivity index (χ1) is 17.9. The van der Waals surface area contributed by atoms with Crippen LogP contribution < -0.4 is 15.4 Å². The normalized spacial score (nSPS) is 10.5. The Labute approximate surface area is 221 Å². The third-order valence-corrected chi connectivity index (χ3v) is 6.77. The van der Waals surface area contributed by atoms with Gasteiger partial charge in [-0.1, -0.05) is 6.07 Å². The molecule has 0 aliphatic carbocycles. The molecule has 0 bridgehead atoms. The molecule has 0 aliphatic heterocycles. The van der Waals surface area contributed by atoms with E-state index in [-0.39, 0.29) is 23.3 Å². The molecular formula is C26H22N4O5S2. The van der Waals surface area contributed by atoms with Gasteiger partial charge in [0.2, 0.25) is 5.91 Å². The molecule has 37 heavy (non-hydrogen) atoms. The molecule has 11 heteroatoms. The van der Waals surface area contributed by atoms with E-state index in [1.54, 1.807) is 18.2 Å². The first-order valence-corrected chi connectivity index (χ1v) is 13.0. The molecule has 0 radical (unpaired) electrons. The number of carbonyl (C=O) groups excluding carboxylic acids is 2. The van der Waals surface area contributed by atoms with Crippen molar-refractivity contribution >= 4 is 51.4 Å². The largest absolute Gasteiger partial charge is 0.494 e. The quantitative estimate of drug-likeness (QED) is 0.143. The SMILES string of the molecule is CCOc1ccc(-c2csc(NC(=O)CSc3cccc(NC(=O)c4ccc([N+](=O)[O-])cc4)c3)n2)cc1. The van der Waals surface area contributed by atoms with Gasteiger partial charge in [-0.25, -0.2) is 4.98 Å². The van der Waals surface area contributed by atoms with Crippen molar-refractivity contribution in [1.82, 2.24) is 4.98 Å². The van der Waals surface area contributed by atoms with Crippen molar-refractivity contribution in [3.8, 4) is 17.0 Å². The maximum atomic E-state index is 12.5. The summed E-state index contributed by atoms with van der Waals surface area (Å²) in [5.74, 6) is 0.374. The predicted octanol–water partition coefficient (Wildman–Crippen LogP) is 6.10. The maximum absolute atomic E-state index is 12.5. The van der Waals surface area contributed by atoms with E-state index in [4.69, 9.17) is 4.74 Å². The number of nitrogens with zero attached hydrogens (tertiary/aromatic N) is 2. The van der Waals surface area contributed by atoms with E-state index >= 15 is 0 Å². The number of anilines is 2. The molecule has 0 unspecified atom stereocenters. The van der Waals surface area contributed by atoms with Crippen molar-refractivity contribution in [3.63, 3.8) is 0 Å². The topological polar surface area (TPSA) is 123 Å². The summed E-state index contributed by atoms with van der Waals surface area (Å²) in [4.78, 5) is 40.5. The van der Waals surface area contributed by atoms with Crippen molar-refractivity contribution in [2.75, 3.05) is 23.0 Å². The van der Waals surface area contributed by atoms with Gasteiger partial charge in [-0.3, -0.25) is 19.7 Å². The predicted molar refractivity (Wildman–Crippen MR) is 146 cm³/mol. The summed E-state index contributed by atoms with van der Waals surface area (Å²) in [7, 11) is 0. The van der Waals surface area contributed by atoms with E-state index in [2.05, 4.69) is 15.6 Å². The average molecular weight is 535 g/mol. The van der Waals surface area contributed by atoms with Gasteiger partial charge in [0.05, 0.1) is 23.0 Å². The molecule has 0 saturated carbocycles. The number of thioether (sulfide) groups is 1. The number of aromatic nitrogens is 1. The molecule has 0 spiro atoms. The lowest BCUT2D eigenvalue weighted by Crippen LogP contribution is -2.14. The molecule has 9 nitrogen and oxygen atoms in total. The smallest absolute Gasteiger partial charge is 0.269 e. The molecule has 2 amide bonds. The maximum Gasteiger partial charge on any atom is 0.269 e. The van der Waals surface area contributed by atoms with Crippen molar-refractivity contribution < 1.29 is 19.2 Å². The Morgan fingerprint density at radius 2 is 1.81 bits per heavy atom. The van der Waals surface area contributed by atoms with Crippen molar-refractivity contribution in [2.24, 2.45) is 0 Å². The average Bonchev–Trinajstić information content (AvgIpc) is 3.37. The number of nitrogens with one attached hydrogen (secondary N) is 2. The molecule has 2 N–H and O–H groups in total. The summed E-state index contributed by atoms with van der Waals surface area (Å²) in [5, 5.41) is 18.8. The summed E-state index contributed by atoms with van der Waals surface area (Å²) in [5.41, 5.74) is 2.47. The van der Waals surface area contributed by atoms with Gasteiger partial charge in [0.1, 0.15) is 5.75 Å². The van der Waals surface area contributed by atoms with Gasteiger partial charge in [-0.15, -0.1) is 23.1 Å². The molecule has 0 saturated heterocycles. The molecule has 1 aromatic heterocycles. The van der Waals surface area contributed by atoms with Crippen molar-refractivity contribution in [1.29, 1.82) is 0 Å². The van der Waals surface area contributed by atoms with Crippen molar-refractivity contribution in [2.45, 2.75) is 11.8 Å². The number of rotatable bonds is 10. The van der Waals surface area contributed by atoms with Gasteiger partial charge in [0, 0.05) is 39.2 Å². The highest BCUT2D eigenvalue weighted by molar-refractivity contribution is 8.00. The lowest BCUT2D eigenvalue weighted by atomic mass is 10.2. The second-order valence-corrected chi connectivity index (χ2v) is 9.52. The standard InChI is InChI=1S/C26H22N4O5S2/c1-2-35-21-12-8-17(9-13-21)23-15-37-26(28-23)29-24(31)16-36-22-5-3-4-19(14-22)27-25(32)18-6-10-20(11-7-18)30(33)34/h3-15H,2,16H2,1H3,(H,27,32)(H,28,29,31). The molecule has 4 rings (SSSR count). The number of ether oxygens (including phenoxy) is 1. The van der Waals surface area contributed by atoms with Crippen LogP contribution >= 0.6 is 23.1 Å². The fourth-order valence-corrected chi connectivity index (χ4v) is 4.75. The van der Waals surface area contributed by atoms with Crippen LogP contribution in [0.5, 0.6) is 5.75 Å². The molecule has 0 atom stereocenters. The number of thiazole rings is 1. The minimum absolute atomic E-state index is 0.0848. The summed E-state index contributed by atoms with van der Waals surface area (Å²) >= 11 is 2.67. The van der Waals surface area contributed by atoms with Gasteiger partial charge in [-0.2, -0.15) is 0 Å². The van der Waals surface area contributed by atoms with Gasteiger partial charge in [-0.05, 0) is 61.5 Å². The lowest BCUT2D eigenvalue weighted by molar-refractivity contribution is -0.384. The van der Waals surface area contributed by atoms with Crippen LogP contribution in [0.2, 0.25) is 0 Å². The van der Waals surface area contributed by atoms with Crippen LogP contribution in [0.4, 0.5) is 16.5 Å². The number of nitro groups is 1. The van der Waals surface area contributed by atoms with Gasteiger partial charge in [0.15, 0.2) is 5.13 Å². The lowest BCUT2D eigenvalue weighted by Gasteiger charge is -2.08. The molecule has 1 heterocycles. The Morgan fingerprint density at radius 3 is 2.51 bits per heavy atom. The third-order valence-electron chi connectivity index (χ3n) is 5.01. The molecule has 4 aromatic rings. The number of hydrogen-bond acceptors (Lipinski definition) is 8. The third kappa shape index (κ3) is 7.15. The van der Waals surface area contributed by atoms with E-state index in [0.29, 0.717) is 23.0 Å². The van der Waals surface area contributed by atoms with E-state index in [1.165, 1.54) is 47.4 Å². The molecule has 0 aliphatic rings. The number of benzene rings is 3. The highest BCUT2D eigenvalue weighted by Gasteiger charge is 2.12. The highest BCUT2D eigenvalue weighted by atomic mass is 32.2. The zero-order valence-corrected chi connectivity index (χ0v) is 21.3. The summed E-state index contributed by atoms with van der Waals surface area (Å²) in [6, 6.07) is 20.1. The van der Waals surface area contributed by atoms with E-state index < -0.39 is 4.92 Å². The van der Waals surface area contributed by atoms with Gasteiger partial charge in [0.25, 0.3) is 11.6 Å². The van der Waals surface area contributed by atoms with Crippen molar-refractivity contribution in [3.05, 3.63) is 93.9 Å². The molecule has 3 aromatic carbocycles. The first-order valence-electron chi connectivity index (χ1n) is 11.2. The number of carbonyl (C=O) groups is 2. The van der Waals surface area contributed by atoms with E-state index in [1.807, 2.05) is 42.6 Å². The highest BCUT2D eigenvalue weighted by Crippen LogP contribution is 2.27. The van der Waals surface area contributed by atoms with Crippen LogP contribution in [0.3, 0.4) is 0 Å². The Kier molecular flexibility index (Phi) is 8.49. The van der Waals surface area contributed by atoms with Gasteiger partial charge < -0.3 is 15.4 Å². The summed E-state index contributed by atoms with van der Waals surface area (Å²) in [6.07, 6.45) is 0. The van der Waals surface area contributed by atoms with Crippen LogP contribution in [0.25, 0.3) is 11.3 Å². The molecular weight excluding hydrogens is 512 g/mol. The summed E-state index contributed by atoms with van der Waals surface area (Å²) in [6.45, 7) is 2.53. The summed E-state index contributed by atoms with van der Waals surface area (Å²) < 4.78 is 5.46. The zero-order valence-electron chi connectivity index (χ0n) is 19.7. The fourth-order valence-electron chi connectivity index (χ4n) is 3.26. The van der Waals surface area contributed by atoms with Crippen LogP contribution in [-0.2, 0) is 4.79 Å². The number of hydrogen-bond donors (Lipinski definition) is 2. The number of nitro benzene ring substituents is 1. The Balaban J connectivity index is 1.29. The van der Waals surface area contributed by atoms with Crippen LogP contribution in [0.1, 0.15) is 17.3 Å². The molecule has 0 fully saturated rings. The Morgan fingerprint density at radius 1 is 1.05 bits per heavy atom. The number of non-ortho nitro benzene ring substituents is 1. The zero-order chi connectivity index (χ0) is 26.2. The number of amides is 2.